The first-order chi connectivity index (χ1) is 5.92. The van der Waals surface area contributed by atoms with Crippen molar-refractivity contribution in [1.29, 1.82) is 0 Å². The van der Waals surface area contributed by atoms with E-state index in [-0.39, 0.29) is 17.0 Å². The molecule has 0 saturated heterocycles. The Balaban J connectivity index is 0.000000845. The molecule has 1 heterocycles. The molecule has 0 aliphatic rings. The van der Waals surface area contributed by atoms with E-state index in [0.717, 1.165) is 5.52 Å². The summed E-state index contributed by atoms with van der Waals surface area (Å²) in [5.74, 6) is 0. The summed E-state index contributed by atoms with van der Waals surface area (Å²) in [7, 11) is 1.66. The van der Waals surface area contributed by atoms with Gasteiger partial charge in [-0.2, -0.15) is 0 Å². The van der Waals surface area contributed by atoms with Crippen molar-refractivity contribution in [2.75, 3.05) is 7.11 Å². The molecule has 2 nitrogen and oxygen atoms in total. The third-order valence-corrected chi connectivity index (χ3v) is 1.87. The first kappa shape index (κ1) is 9.99. The minimum Gasteiger partial charge on any atom is -1.00 e. The van der Waals surface area contributed by atoms with E-state index in [9.17, 15) is 0 Å². The van der Waals surface area contributed by atoms with Gasteiger partial charge >= 0.3 is 0 Å². The maximum absolute atomic E-state index is 5.14. The van der Waals surface area contributed by atoms with Crippen LogP contribution in [0.3, 0.4) is 0 Å². The van der Waals surface area contributed by atoms with Crippen molar-refractivity contribution >= 4 is 10.9 Å². The van der Waals surface area contributed by atoms with E-state index in [4.69, 9.17) is 4.84 Å². The Hall–Kier alpha value is -1.09. The molecule has 0 saturated carbocycles. The Bertz CT molecular complexity index is 398. The third-order valence-electron chi connectivity index (χ3n) is 1.87. The zero-order valence-corrected chi connectivity index (χ0v) is 8.86. The first-order valence-corrected chi connectivity index (χ1v) is 3.86. The highest BCUT2D eigenvalue weighted by atomic mass is 79.9. The molecule has 2 aromatic rings. The topological polar surface area (TPSA) is 13.1 Å². The largest absolute Gasteiger partial charge is 1.00 e. The lowest BCUT2D eigenvalue weighted by atomic mass is 10.2. The number of hydrogen-bond acceptors (Lipinski definition) is 1. The predicted octanol–water partition coefficient (Wildman–Crippen LogP) is -1.81. The van der Waals surface area contributed by atoms with Crippen molar-refractivity contribution in [3.8, 4) is 0 Å². The number of benzene rings is 1. The second kappa shape index (κ2) is 4.23. The first-order valence-electron chi connectivity index (χ1n) is 3.86. The second-order valence-electron chi connectivity index (χ2n) is 2.58. The molecule has 13 heavy (non-hydrogen) atoms. The van der Waals surface area contributed by atoms with Gasteiger partial charge in [0.05, 0.1) is 5.39 Å². The molecular weight excluding hydrogens is 230 g/mol. The zero-order chi connectivity index (χ0) is 8.39. The molecule has 68 valence electrons. The zero-order valence-electron chi connectivity index (χ0n) is 7.27. The Morgan fingerprint density at radius 1 is 1.08 bits per heavy atom. The molecule has 2 rings (SSSR count). The summed E-state index contributed by atoms with van der Waals surface area (Å²) in [6, 6.07) is 12.1. The van der Waals surface area contributed by atoms with Crippen LogP contribution in [0.4, 0.5) is 0 Å². The van der Waals surface area contributed by atoms with Crippen LogP contribution in [0, 0.1) is 0 Å². The fourth-order valence-electron chi connectivity index (χ4n) is 1.29. The maximum Gasteiger partial charge on any atom is 0.264 e. The van der Waals surface area contributed by atoms with Crippen LogP contribution in [0.1, 0.15) is 0 Å². The van der Waals surface area contributed by atoms with Crippen LogP contribution in [0.15, 0.2) is 42.6 Å². The molecule has 1 aromatic carbocycles. The predicted molar refractivity (Wildman–Crippen MR) is 46.6 cm³/mol. The molecule has 0 unspecified atom stereocenters. The van der Waals surface area contributed by atoms with Gasteiger partial charge in [0.25, 0.3) is 5.52 Å². The maximum atomic E-state index is 5.14. The van der Waals surface area contributed by atoms with Crippen LogP contribution >= 0.6 is 0 Å². The van der Waals surface area contributed by atoms with Crippen molar-refractivity contribution in [3.05, 3.63) is 42.6 Å². The highest BCUT2D eigenvalue weighted by Crippen LogP contribution is 2.06. The fourth-order valence-corrected chi connectivity index (χ4v) is 1.29. The number of aromatic nitrogens is 1. The van der Waals surface area contributed by atoms with Crippen LogP contribution in [0.5, 0.6) is 0 Å². The average Bonchev–Trinajstić information content (AvgIpc) is 2.17. The summed E-state index contributed by atoms with van der Waals surface area (Å²) in [6.07, 6.45) is 1.89. The van der Waals surface area contributed by atoms with Crippen molar-refractivity contribution < 1.29 is 26.5 Å². The average molecular weight is 240 g/mol. The number of fused-ring (bicyclic) bond motifs is 1. The number of nitrogens with zero attached hydrogens (tertiary/aromatic N) is 1. The third kappa shape index (κ3) is 1.80. The van der Waals surface area contributed by atoms with E-state index in [0.29, 0.717) is 0 Å². The smallest absolute Gasteiger partial charge is 0.264 e. The van der Waals surface area contributed by atoms with Gasteiger partial charge < -0.3 is 17.0 Å². The van der Waals surface area contributed by atoms with Gasteiger partial charge in [-0.1, -0.05) is 12.1 Å². The summed E-state index contributed by atoms with van der Waals surface area (Å²) in [5, 5.41) is 1.18. The molecule has 0 spiro atoms. The minimum atomic E-state index is 0. The van der Waals surface area contributed by atoms with Gasteiger partial charge in [0, 0.05) is 16.9 Å². The van der Waals surface area contributed by atoms with Crippen molar-refractivity contribution in [2.45, 2.75) is 0 Å². The van der Waals surface area contributed by atoms with Gasteiger partial charge in [-0.05, 0) is 12.1 Å². The standard InChI is InChI=1S/C10H10NO.BrH/c1-12-11-8-4-6-9-5-2-3-7-10(9)11;/h2-8H,1H3;1H/q+1;/p-1. The summed E-state index contributed by atoms with van der Waals surface area (Å²) in [6.45, 7) is 0. The number of hydrogen-bond donors (Lipinski definition) is 0. The number of halogens is 1. The molecule has 0 fully saturated rings. The monoisotopic (exact) mass is 239 g/mol. The van der Waals surface area contributed by atoms with Crippen LogP contribution in [-0.4, -0.2) is 7.11 Å². The minimum absolute atomic E-state index is 0. The lowest BCUT2D eigenvalue weighted by molar-refractivity contribution is -0.865. The van der Waals surface area contributed by atoms with Crippen molar-refractivity contribution in [3.63, 3.8) is 0 Å². The number of pyridine rings is 1. The van der Waals surface area contributed by atoms with Gasteiger partial charge in [0.2, 0.25) is 6.20 Å². The van der Waals surface area contributed by atoms with Crippen LogP contribution in [0.25, 0.3) is 10.9 Å². The van der Waals surface area contributed by atoms with Crippen LogP contribution < -0.4 is 26.5 Å². The van der Waals surface area contributed by atoms with E-state index < -0.39 is 0 Å². The van der Waals surface area contributed by atoms with Crippen LogP contribution in [-0.2, 0) is 0 Å². The summed E-state index contributed by atoms with van der Waals surface area (Å²) < 4.78 is 1.75. The van der Waals surface area contributed by atoms with Gasteiger partial charge in [0.1, 0.15) is 7.11 Å². The summed E-state index contributed by atoms with van der Waals surface area (Å²) >= 11 is 0. The Kier molecular flexibility index (Phi) is 3.25. The molecule has 3 heteroatoms. The van der Waals surface area contributed by atoms with E-state index in [1.807, 2.05) is 30.5 Å². The SMILES string of the molecule is CO[n+]1cccc2ccccc21.[Br-]. The summed E-state index contributed by atoms with van der Waals surface area (Å²) in [5.41, 5.74) is 1.09. The molecule has 0 atom stereocenters. The van der Waals surface area contributed by atoms with Gasteiger partial charge in [0.15, 0.2) is 0 Å². The van der Waals surface area contributed by atoms with Crippen LogP contribution in [0.2, 0.25) is 0 Å². The molecular formula is C10H10BrNO. The lowest BCUT2D eigenvalue weighted by Gasteiger charge is -1.94. The lowest BCUT2D eigenvalue weighted by Crippen LogP contribution is -3.00. The highest BCUT2D eigenvalue weighted by Gasteiger charge is 2.05. The molecule has 0 radical (unpaired) electrons. The molecule has 1 aromatic heterocycles. The van der Waals surface area contributed by atoms with E-state index >= 15 is 0 Å². The Labute approximate surface area is 87.5 Å². The molecule has 0 aliphatic heterocycles. The van der Waals surface area contributed by atoms with Crippen molar-refractivity contribution in [2.24, 2.45) is 0 Å². The normalized spacial score (nSPS) is 9.31. The summed E-state index contributed by atoms with van der Waals surface area (Å²) in [4.78, 5) is 5.14. The quantitative estimate of drug-likeness (QED) is 0.535. The number of rotatable bonds is 1. The van der Waals surface area contributed by atoms with E-state index in [1.54, 1.807) is 11.8 Å². The molecule has 0 N–H and O–H groups in total. The second-order valence-corrected chi connectivity index (χ2v) is 2.58. The molecule has 0 amide bonds. The van der Waals surface area contributed by atoms with Gasteiger partial charge in [-0.15, -0.1) is 0 Å². The molecule has 0 bridgehead atoms. The fraction of sp³-hybridized carbons (Fsp3) is 0.100. The number of para-hydroxylation sites is 1. The van der Waals surface area contributed by atoms with Gasteiger partial charge in [-0.3, -0.25) is 4.84 Å². The van der Waals surface area contributed by atoms with E-state index in [2.05, 4.69) is 12.1 Å². The Morgan fingerprint density at radius 2 is 1.77 bits per heavy atom. The van der Waals surface area contributed by atoms with Crippen molar-refractivity contribution in [1.82, 2.24) is 0 Å². The van der Waals surface area contributed by atoms with E-state index in [1.165, 1.54) is 5.39 Å². The van der Waals surface area contributed by atoms with Gasteiger partial charge in [-0.25, -0.2) is 0 Å². The Morgan fingerprint density at radius 3 is 2.54 bits per heavy atom. The highest BCUT2D eigenvalue weighted by molar-refractivity contribution is 5.74. The molecule has 0 aliphatic carbocycles.